The van der Waals surface area contributed by atoms with E-state index in [0.29, 0.717) is 10.9 Å². The molecule has 6 heteroatoms. The number of nitrogens with zero attached hydrogens (tertiary/aromatic N) is 1. The van der Waals surface area contributed by atoms with Crippen LogP contribution in [0.1, 0.15) is 10.4 Å². The van der Waals surface area contributed by atoms with Gasteiger partial charge in [0.25, 0.3) is 0 Å². The molecule has 0 aliphatic heterocycles. The van der Waals surface area contributed by atoms with Crippen LogP contribution in [0.2, 0.25) is 0 Å². The number of carbonyl (C=O) groups is 1. The van der Waals surface area contributed by atoms with Crippen molar-refractivity contribution in [3.8, 4) is 11.3 Å². The van der Waals surface area contributed by atoms with Crippen LogP contribution in [0.5, 0.6) is 0 Å². The van der Waals surface area contributed by atoms with Crippen molar-refractivity contribution in [3.63, 3.8) is 0 Å². The van der Waals surface area contributed by atoms with E-state index < -0.39 is 0 Å². The maximum atomic E-state index is 12.3. The van der Waals surface area contributed by atoms with Gasteiger partial charge < -0.3 is 5.32 Å². The summed E-state index contributed by atoms with van der Waals surface area (Å²) in [6.45, 7) is 4.07. The molecule has 3 nitrogen and oxygen atoms in total. The van der Waals surface area contributed by atoms with Gasteiger partial charge in [-0.05, 0) is 31.5 Å². The van der Waals surface area contributed by atoms with Crippen LogP contribution in [0, 0.1) is 13.8 Å². The van der Waals surface area contributed by atoms with Crippen LogP contribution in [0.4, 0.5) is 5.13 Å². The molecule has 0 fully saturated rings. The van der Waals surface area contributed by atoms with Crippen LogP contribution >= 0.6 is 39.0 Å². The summed E-state index contributed by atoms with van der Waals surface area (Å²) in [6.07, 6.45) is 0. The smallest absolute Gasteiger partial charge is 0.236 e. The van der Waals surface area contributed by atoms with E-state index in [0.717, 1.165) is 31.1 Å². The molecular weight excluding hydrogens is 416 g/mol. The minimum Gasteiger partial charge on any atom is -0.301 e. The molecule has 1 N–H and O–H groups in total. The summed E-state index contributed by atoms with van der Waals surface area (Å²) in [6, 6.07) is 16.1. The van der Waals surface area contributed by atoms with Gasteiger partial charge >= 0.3 is 0 Å². The molecule has 3 rings (SSSR count). The van der Waals surface area contributed by atoms with Gasteiger partial charge in [0, 0.05) is 19.8 Å². The predicted molar refractivity (Wildman–Crippen MR) is 111 cm³/mol. The fourth-order valence-corrected chi connectivity index (χ4v) is 4.57. The minimum atomic E-state index is -0.0438. The molecule has 0 saturated carbocycles. The van der Waals surface area contributed by atoms with E-state index in [9.17, 15) is 4.79 Å². The Balaban J connectivity index is 1.65. The van der Waals surface area contributed by atoms with Gasteiger partial charge in [-0.2, -0.15) is 0 Å². The lowest BCUT2D eigenvalue weighted by Gasteiger charge is -2.06. The highest BCUT2D eigenvalue weighted by atomic mass is 79.9. The van der Waals surface area contributed by atoms with Gasteiger partial charge in [-0.3, -0.25) is 4.79 Å². The third kappa shape index (κ3) is 4.71. The highest BCUT2D eigenvalue weighted by Crippen LogP contribution is 2.31. The molecule has 1 heterocycles. The third-order valence-corrected chi connectivity index (χ3v) is 6.14. The summed E-state index contributed by atoms with van der Waals surface area (Å²) in [7, 11) is 0. The van der Waals surface area contributed by atoms with E-state index in [-0.39, 0.29) is 5.91 Å². The maximum Gasteiger partial charge on any atom is 0.236 e. The molecular formula is C19H17BrN2OS2. The zero-order valence-electron chi connectivity index (χ0n) is 13.9. The zero-order valence-corrected chi connectivity index (χ0v) is 17.1. The Morgan fingerprint density at radius 3 is 2.72 bits per heavy atom. The number of thiazole rings is 1. The first-order valence-electron chi connectivity index (χ1n) is 7.74. The number of aromatic nitrogens is 1. The number of nitrogens with one attached hydrogen (secondary N) is 1. The van der Waals surface area contributed by atoms with Crippen molar-refractivity contribution in [2.24, 2.45) is 0 Å². The highest BCUT2D eigenvalue weighted by molar-refractivity contribution is 9.10. The lowest BCUT2D eigenvalue weighted by molar-refractivity contribution is -0.113. The third-order valence-electron chi connectivity index (χ3n) is 3.60. The van der Waals surface area contributed by atoms with E-state index in [2.05, 4.69) is 26.2 Å². The maximum absolute atomic E-state index is 12.3. The normalized spacial score (nSPS) is 10.7. The SMILES string of the molecule is Cc1ccc(Br)cc1SCC(=O)Nc1nc(-c2ccccc2)c(C)s1. The van der Waals surface area contributed by atoms with Crippen molar-refractivity contribution in [1.82, 2.24) is 4.98 Å². The molecule has 0 aliphatic rings. The van der Waals surface area contributed by atoms with E-state index in [1.165, 1.54) is 23.1 Å². The van der Waals surface area contributed by atoms with Crippen LogP contribution in [0.3, 0.4) is 0 Å². The van der Waals surface area contributed by atoms with Crippen LogP contribution in [-0.4, -0.2) is 16.6 Å². The lowest BCUT2D eigenvalue weighted by atomic mass is 10.1. The predicted octanol–water partition coefficient (Wildman–Crippen LogP) is 5.92. The van der Waals surface area contributed by atoms with E-state index in [1.807, 2.05) is 62.4 Å². The summed E-state index contributed by atoms with van der Waals surface area (Å²) < 4.78 is 1.02. The van der Waals surface area contributed by atoms with Crippen LogP contribution in [-0.2, 0) is 4.79 Å². The second kappa shape index (κ2) is 8.17. The van der Waals surface area contributed by atoms with Gasteiger partial charge in [-0.1, -0.05) is 52.3 Å². The molecule has 0 spiro atoms. The van der Waals surface area contributed by atoms with Gasteiger partial charge in [0.1, 0.15) is 0 Å². The number of carbonyl (C=O) groups excluding carboxylic acids is 1. The van der Waals surface area contributed by atoms with Crippen molar-refractivity contribution < 1.29 is 4.79 Å². The zero-order chi connectivity index (χ0) is 17.8. The molecule has 0 saturated heterocycles. The number of aryl methyl sites for hydroxylation is 2. The number of rotatable bonds is 5. The molecule has 0 aliphatic carbocycles. The standard InChI is InChI=1S/C19H17BrN2OS2/c1-12-8-9-15(20)10-16(12)24-11-17(23)21-19-22-18(13(2)25-19)14-6-4-3-5-7-14/h3-10H,11H2,1-2H3,(H,21,22,23). The average molecular weight is 433 g/mol. The summed E-state index contributed by atoms with van der Waals surface area (Å²) >= 11 is 6.50. The monoisotopic (exact) mass is 432 g/mol. The molecule has 128 valence electrons. The van der Waals surface area contributed by atoms with Crippen molar-refractivity contribution in [2.45, 2.75) is 18.7 Å². The Morgan fingerprint density at radius 1 is 1.20 bits per heavy atom. The molecule has 1 amide bonds. The Bertz CT molecular complexity index is 894. The minimum absolute atomic E-state index is 0.0438. The van der Waals surface area contributed by atoms with E-state index in [4.69, 9.17) is 0 Å². The number of halogens is 1. The fraction of sp³-hybridized carbons (Fsp3) is 0.158. The highest BCUT2D eigenvalue weighted by Gasteiger charge is 2.12. The van der Waals surface area contributed by atoms with Crippen molar-refractivity contribution in [2.75, 3.05) is 11.1 Å². The number of anilines is 1. The summed E-state index contributed by atoms with van der Waals surface area (Å²) in [5.41, 5.74) is 3.16. The number of hydrogen-bond donors (Lipinski definition) is 1. The Hall–Kier alpha value is -1.63. The Morgan fingerprint density at radius 2 is 1.96 bits per heavy atom. The van der Waals surface area contributed by atoms with Crippen molar-refractivity contribution >= 4 is 50.1 Å². The van der Waals surface area contributed by atoms with E-state index in [1.54, 1.807) is 0 Å². The number of benzene rings is 2. The second-order valence-electron chi connectivity index (χ2n) is 5.54. The molecule has 2 aromatic carbocycles. The molecule has 0 atom stereocenters. The first-order valence-corrected chi connectivity index (χ1v) is 10.3. The van der Waals surface area contributed by atoms with E-state index >= 15 is 0 Å². The van der Waals surface area contributed by atoms with Crippen LogP contribution < -0.4 is 5.32 Å². The molecule has 0 bridgehead atoms. The van der Waals surface area contributed by atoms with Gasteiger partial charge in [0.2, 0.25) is 5.91 Å². The first kappa shape index (κ1) is 18.2. The molecule has 1 aromatic heterocycles. The fourth-order valence-electron chi connectivity index (χ4n) is 2.34. The Labute approximate surface area is 164 Å². The van der Waals surface area contributed by atoms with Crippen LogP contribution in [0.25, 0.3) is 11.3 Å². The molecule has 0 radical (unpaired) electrons. The first-order chi connectivity index (χ1) is 12.0. The van der Waals surface area contributed by atoms with Crippen molar-refractivity contribution in [1.29, 1.82) is 0 Å². The molecule has 0 unspecified atom stereocenters. The number of hydrogen-bond acceptors (Lipinski definition) is 4. The topological polar surface area (TPSA) is 42.0 Å². The Kier molecular flexibility index (Phi) is 5.93. The largest absolute Gasteiger partial charge is 0.301 e. The number of thioether (sulfide) groups is 1. The quantitative estimate of drug-likeness (QED) is 0.508. The average Bonchev–Trinajstić information content (AvgIpc) is 2.96. The lowest BCUT2D eigenvalue weighted by Crippen LogP contribution is -2.13. The number of amides is 1. The summed E-state index contributed by atoms with van der Waals surface area (Å²) in [5.74, 6) is 0.314. The van der Waals surface area contributed by atoms with Crippen molar-refractivity contribution in [3.05, 3.63) is 63.4 Å². The second-order valence-corrected chi connectivity index (χ2v) is 8.67. The summed E-state index contributed by atoms with van der Waals surface area (Å²) in [5, 5.41) is 3.56. The summed E-state index contributed by atoms with van der Waals surface area (Å²) in [4.78, 5) is 19.0. The van der Waals surface area contributed by atoms with Gasteiger partial charge in [0.15, 0.2) is 5.13 Å². The van der Waals surface area contributed by atoms with Crippen LogP contribution in [0.15, 0.2) is 57.9 Å². The molecule has 25 heavy (non-hydrogen) atoms. The van der Waals surface area contributed by atoms with Gasteiger partial charge in [0.05, 0.1) is 11.4 Å². The van der Waals surface area contributed by atoms with Gasteiger partial charge in [-0.25, -0.2) is 4.98 Å². The molecule has 3 aromatic rings. The van der Waals surface area contributed by atoms with Gasteiger partial charge in [-0.15, -0.1) is 23.1 Å².